The lowest BCUT2D eigenvalue weighted by molar-refractivity contribution is -0.168. The van der Waals surface area contributed by atoms with E-state index in [2.05, 4.69) is 26.2 Å². The van der Waals surface area contributed by atoms with E-state index in [0.29, 0.717) is 18.5 Å². The Hall–Kier alpha value is -1.57. The average Bonchev–Trinajstić information content (AvgIpc) is 3.09. The van der Waals surface area contributed by atoms with Crippen LogP contribution in [-0.4, -0.2) is 24.8 Å². The first kappa shape index (κ1) is 23.1. The number of carbonyl (C=O) groups is 1. The maximum absolute atomic E-state index is 14.2. The minimum Gasteiger partial charge on any atom is -0.356 e. The van der Waals surface area contributed by atoms with Gasteiger partial charge < -0.3 is 5.32 Å². The number of hydrogen-bond acceptors (Lipinski definition) is 2. The normalized spacial score (nSPS) is 21.1. The van der Waals surface area contributed by atoms with Gasteiger partial charge in [0.05, 0.1) is 6.04 Å². The number of halogens is 6. The molecular weight excluding hydrogens is 504 g/mol. The fraction of sp³-hybridized carbons (Fsp3) is 0.333. The van der Waals surface area contributed by atoms with Crippen LogP contribution in [0, 0.1) is 0 Å². The molecular formula is C21H18BrCl2F3N2O. The maximum Gasteiger partial charge on any atom is 0.403 e. The number of aliphatic imine (C=N–C) groups is 1. The Labute approximate surface area is 190 Å². The number of hydrogen-bond donors (Lipinski definition) is 1. The van der Waals surface area contributed by atoms with Crippen molar-refractivity contribution in [3.05, 3.63) is 67.6 Å². The third-order valence-electron chi connectivity index (χ3n) is 5.10. The minimum absolute atomic E-state index is 0.0234. The standard InChI is InChI=1S/C21H18BrCl2F3N2O/c1-12(30)28-5-4-13-2-3-14(6-18(13)22)19-10-20(11-29-19,21(25,26)27)15-7-16(23)9-17(24)8-15/h2-3,6-9,11,19H,4-5,10H2,1H3,(H,28,30). The van der Waals surface area contributed by atoms with Crippen LogP contribution in [-0.2, 0) is 16.6 Å². The van der Waals surface area contributed by atoms with Gasteiger partial charge in [0.15, 0.2) is 0 Å². The Balaban J connectivity index is 1.87. The summed E-state index contributed by atoms with van der Waals surface area (Å²) in [6.07, 6.45) is -3.26. The summed E-state index contributed by atoms with van der Waals surface area (Å²) >= 11 is 15.4. The van der Waals surface area contributed by atoms with Gasteiger partial charge in [0.1, 0.15) is 5.41 Å². The summed E-state index contributed by atoms with van der Waals surface area (Å²) in [5, 5.41) is 3.00. The van der Waals surface area contributed by atoms with Gasteiger partial charge in [-0.25, -0.2) is 0 Å². The molecule has 3 nitrogen and oxygen atoms in total. The van der Waals surface area contributed by atoms with Crippen LogP contribution in [0.2, 0.25) is 10.0 Å². The molecule has 9 heteroatoms. The van der Waals surface area contributed by atoms with Crippen molar-refractivity contribution in [2.24, 2.45) is 4.99 Å². The van der Waals surface area contributed by atoms with Gasteiger partial charge in [0, 0.05) is 34.2 Å². The molecule has 1 aliphatic heterocycles. The van der Waals surface area contributed by atoms with Crippen LogP contribution in [0.25, 0.3) is 0 Å². The number of benzene rings is 2. The van der Waals surface area contributed by atoms with Crippen molar-refractivity contribution < 1.29 is 18.0 Å². The number of rotatable bonds is 5. The van der Waals surface area contributed by atoms with Crippen molar-refractivity contribution in [2.45, 2.75) is 37.4 Å². The molecule has 2 atom stereocenters. The summed E-state index contributed by atoms with van der Waals surface area (Å²) in [6, 6.07) is 8.70. The number of nitrogens with zero attached hydrogens (tertiary/aromatic N) is 1. The lowest BCUT2D eigenvalue weighted by atomic mass is 9.77. The molecule has 1 amide bonds. The summed E-state index contributed by atoms with van der Waals surface area (Å²) in [6.45, 7) is 1.91. The molecule has 1 heterocycles. The molecule has 0 bridgehead atoms. The van der Waals surface area contributed by atoms with E-state index >= 15 is 0 Å². The number of amides is 1. The summed E-state index contributed by atoms with van der Waals surface area (Å²) in [5.74, 6) is -0.118. The van der Waals surface area contributed by atoms with Crippen molar-refractivity contribution in [3.8, 4) is 0 Å². The second-order valence-electron chi connectivity index (χ2n) is 7.21. The quantitative estimate of drug-likeness (QED) is 0.482. The van der Waals surface area contributed by atoms with Crippen molar-refractivity contribution in [3.63, 3.8) is 0 Å². The largest absolute Gasteiger partial charge is 0.403 e. The molecule has 2 unspecified atom stereocenters. The second-order valence-corrected chi connectivity index (χ2v) is 8.94. The zero-order valence-corrected chi connectivity index (χ0v) is 19.0. The van der Waals surface area contributed by atoms with E-state index in [-0.39, 0.29) is 27.9 Å². The Kier molecular flexibility index (Phi) is 6.84. The molecule has 0 aromatic heterocycles. The van der Waals surface area contributed by atoms with Crippen LogP contribution >= 0.6 is 39.1 Å². The second kappa shape index (κ2) is 8.89. The fourth-order valence-electron chi connectivity index (χ4n) is 3.53. The van der Waals surface area contributed by atoms with Crippen molar-refractivity contribution in [2.75, 3.05) is 6.54 Å². The maximum atomic E-state index is 14.2. The van der Waals surface area contributed by atoms with Gasteiger partial charge in [-0.3, -0.25) is 9.79 Å². The average molecular weight is 522 g/mol. The Bertz CT molecular complexity index is 976. The third kappa shape index (κ3) is 4.84. The highest BCUT2D eigenvalue weighted by molar-refractivity contribution is 9.10. The Morgan fingerprint density at radius 2 is 1.90 bits per heavy atom. The molecule has 30 heavy (non-hydrogen) atoms. The molecule has 0 spiro atoms. The van der Waals surface area contributed by atoms with Crippen LogP contribution in [0.1, 0.15) is 36.1 Å². The number of carbonyl (C=O) groups excluding carboxylic acids is 1. The molecule has 1 N–H and O–H groups in total. The molecule has 0 saturated heterocycles. The van der Waals surface area contributed by atoms with Gasteiger partial charge >= 0.3 is 6.18 Å². The van der Waals surface area contributed by atoms with Crippen molar-refractivity contribution in [1.29, 1.82) is 0 Å². The molecule has 3 rings (SSSR count). The first-order chi connectivity index (χ1) is 14.0. The van der Waals surface area contributed by atoms with E-state index in [0.717, 1.165) is 16.3 Å². The summed E-state index contributed by atoms with van der Waals surface area (Å²) in [7, 11) is 0. The molecule has 160 valence electrons. The van der Waals surface area contributed by atoms with Gasteiger partial charge in [0.25, 0.3) is 0 Å². The lowest BCUT2D eigenvalue weighted by Crippen LogP contribution is -2.42. The first-order valence-electron chi connectivity index (χ1n) is 9.12. The molecule has 0 fully saturated rings. The SMILES string of the molecule is CC(=O)NCCc1ccc(C2CC(c3cc(Cl)cc(Cl)c3)(C(F)(F)F)C=N2)cc1Br. The van der Waals surface area contributed by atoms with Crippen molar-refractivity contribution in [1.82, 2.24) is 5.32 Å². The summed E-state index contributed by atoms with van der Waals surface area (Å²) < 4.78 is 43.3. The summed E-state index contributed by atoms with van der Waals surface area (Å²) in [4.78, 5) is 15.2. The van der Waals surface area contributed by atoms with Crippen LogP contribution in [0.5, 0.6) is 0 Å². The fourth-order valence-corrected chi connectivity index (χ4v) is 4.66. The zero-order chi connectivity index (χ0) is 22.1. The lowest BCUT2D eigenvalue weighted by Gasteiger charge is -2.30. The third-order valence-corrected chi connectivity index (χ3v) is 6.28. The molecule has 0 saturated carbocycles. The van der Waals surface area contributed by atoms with Crippen LogP contribution in [0.15, 0.2) is 45.9 Å². The molecule has 0 aliphatic carbocycles. The predicted octanol–water partition coefficient (Wildman–Crippen LogP) is 6.45. The molecule has 2 aromatic rings. The summed E-state index contributed by atoms with van der Waals surface area (Å²) in [5.41, 5.74) is -0.675. The molecule has 1 aliphatic rings. The molecule has 2 aromatic carbocycles. The Morgan fingerprint density at radius 1 is 1.23 bits per heavy atom. The van der Waals surface area contributed by atoms with Crippen molar-refractivity contribution >= 4 is 51.3 Å². The van der Waals surface area contributed by atoms with E-state index in [1.165, 1.54) is 25.1 Å². The van der Waals surface area contributed by atoms with Gasteiger partial charge in [0.2, 0.25) is 5.91 Å². The van der Waals surface area contributed by atoms with E-state index < -0.39 is 17.6 Å². The highest BCUT2D eigenvalue weighted by Gasteiger charge is 2.58. The van der Waals surface area contributed by atoms with Gasteiger partial charge in [-0.1, -0.05) is 51.3 Å². The number of nitrogens with one attached hydrogen (secondary N) is 1. The monoisotopic (exact) mass is 520 g/mol. The van der Waals surface area contributed by atoms with Gasteiger partial charge in [-0.15, -0.1) is 0 Å². The van der Waals surface area contributed by atoms with Gasteiger partial charge in [-0.2, -0.15) is 13.2 Å². The van der Waals surface area contributed by atoms with E-state index in [1.807, 2.05) is 6.07 Å². The van der Waals surface area contributed by atoms with Crippen LogP contribution < -0.4 is 5.32 Å². The molecule has 0 radical (unpaired) electrons. The number of alkyl halides is 3. The highest BCUT2D eigenvalue weighted by atomic mass is 79.9. The smallest absolute Gasteiger partial charge is 0.356 e. The first-order valence-corrected chi connectivity index (χ1v) is 10.7. The van der Waals surface area contributed by atoms with E-state index in [1.54, 1.807) is 12.1 Å². The highest BCUT2D eigenvalue weighted by Crippen LogP contribution is 2.51. The Morgan fingerprint density at radius 3 is 2.47 bits per heavy atom. The van der Waals surface area contributed by atoms with E-state index in [9.17, 15) is 18.0 Å². The van der Waals surface area contributed by atoms with Gasteiger partial charge in [-0.05, 0) is 53.8 Å². The minimum atomic E-state index is -4.56. The van der Waals surface area contributed by atoms with Crippen LogP contribution in [0.3, 0.4) is 0 Å². The topological polar surface area (TPSA) is 41.5 Å². The predicted molar refractivity (Wildman–Crippen MR) is 117 cm³/mol. The van der Waals surface area contributed by atoms with Crippen LogP contribution in [0.4, 0.5) is 13.2 Å². The van der Waals surface area contributed by atoms with E-state index in [4.69, 9.17) is 23.2 Å². The zero-order valence-electron chi connectivity index (χ0n) is 15.9.